The van der Waals surface area contributed by atoms with E-state index in [1.54, 1.807) is 0 Å². The van der Waals surface area contributed by atoms with Crippen LogP contribution in [0.1, 0.15) is 34.6 Å². The Morgan fingerprint density at radius 1 is 1.21 bits per heavy atom. The second kappa shape index (κ2) is 3.54. The summed E-state index contributed by atoms with van der Waals surface area (Å²) >= 11 is 0. The van der Waals surface area contributed by atoms with E-state index in [0.717, 1.165) is 13.1 Å². The molecule has 0 atom stereocenters. The molecule has 82 valence electrons. The quantitative estimate of drug-likeness (QED) is 0.699. The van der Waals surface area contributed by atoms with Crippen LogP contribution in [0.4, 0.5) is 0 Å². The predicted molar refractivity (Wildman–Crippen MR) is 58.0 cm³/mol. The second-order valence-corrected chi connectivity index (χ2v) is 5.72. The first-order chi connectivity index (χ1) is 6.24. The lowest BCUT2D eigenvalue weighted by Crippen LogP contribution is -2.59. The molecule has 0 aromatic rings. The summed E-state index contributed by atoms with van der Waals surface area (Å²) in [4.78, 5) is 11.7. The maximum atomic E-state index is 11.7. The average Bonchev–Trinajstić information content (AvgIpc) is 1.76. The van der Waals surface area contributed by atoms with Crippen LogP contribution in [0.3, 0.4) is 0 Å². The lowest BCUT2D eigenvalue weighted by Gasteiger charge is -2.41. The number of amides is 1. The van der Waals surface area contributed by atoms with Gasteiger partial charge in [-0.25, -0.2) is 0 Å². The van der Waals surface area contributed by atoms with Crippen molar-refractivity contribution in [2.75, 3.05) is 13.1 Å². The van der Waals surface area contributed by atoms with Gasteiger partial charge in [0.1, 0.15) is 0 Å². The topological polar surface area (TPSA) is 41.1 Å². The van der Waals surface area contributed by atoms with Crippen LogP contribution in [0.2, 0.25) is 0 Å². The zero-order valence-corrected chi connectivity index (χ0v) is 9.90. The summed E-state index contributed by atoms with van der Waals surface area (Å²) in [6.07, 6.45) is 0. The van der Waals surface area contributed by atoms with Crippen LogP contribution in [0.15, 0.2) is 0 Å². The molecule has 0 aromatic heterocycles. The van der Waals surface area contributed by atoms with Gasteiger partial charge in [-0.1, -0.05) is 20.8 Å². The molecule has 0 radical (unpaired) electrons. The van der Waals surface area contributed by atoms with Gasteiger partial charge >= 0.3 is 0 Å². The summed E-state index contributed by atoms with van der Waals surface area (Å²) in [6, 6.07) is 0. The number of carbonyl (C=O) groups excluding carboxylic acids is 1. The fourth-order valence-electron chi connectivity index (χ4n) is 1.07. The predicted octanol–water partition coefficient (Wildman–Crippen LogP) is 1.15. The third-order valence-corrected chi connectivity index (χ3v) is 3.46. The zero-order valence-electron chi connectivity index (χ0n) is 9.90. The zero-order chi connectivity index (χ0) is 11.0. The molecule has 0 aromatic carbocycles. The largest absolute Gasteiger partial charge is 0.350 e. The second-order valence-electron chi connectivity index (χ2n) is 5.72. The normalized spacial score (nSPS) is 18.9. The minimum atomic E-state index is -0.153. The van der Waals surface area contributed by atoms with E-state index < -0.39 is 0 Å². The number of rotatable bonds is 2. The van der Waals surface area contributed by atoms with Crippen LogP contribution < -0.4 is 10.6 Å². The molecule has 1 amide bonds. The van der Waals surface area contributed by atoms with Gasteiger partial charge in [0.05, 0.1) is 5.92 Å². The van der Waals surface area contributed by atoms with Crippen molar-refractivity contribution in [2.24, 2.45) is 11.3 Å². The van der Waals surface area contributed by atoms with Crippen molar-refractivity contribution in [2.45, 2.75) is 40.2 Å². The first-order valence-corrected chi connectivity index (χ1v) is 5.27. The molecule has 14 heavy (non-hydrogen) atoms. The molecule has 0 spiro atoms. The van der Waals surface area contributed by atoms with Crippen molar-refractivity contribution < 1.29 is 4.79 Å². The molecule has 1 aliphatic heterocycles. The number of carbonyl (C=O) groups is 1. The highest BCUT2D eigenvalue weighted by Gasteiger charge is 2.36. The third kappa shape index (κ3) is 2.27. The number of hydrogen-bond acceptors (Lipinski definition) is 2. The number of hydrogen-bond donors (Lipinski definition) is 2. The SMILES string of the molecule is CC(C)(C)C(C)(C)NC(=O)C1CNC1. The Morgan fingerprint density at radius 3 is 2.00 bits per heavy atom. The molecular formula is C11H22N2O. The van der Waals surface area contributed by atoms with Crippen molar-refractivity contribution in [1.82, 2.24) is 10.6 Å². The maximum Gasteiger partial charge on any atom is 0.226 e. The van der Waals surface area contributed by atoms with Gasteiger partial charge < -0.3 is 10.6 Å². The molecule has 0 saturated carbocycles. The number of nitrogens with one attached hydrogen (secondary N) is 2. The van der Waals surface area contributed by atoms with E-state index in [9.17, 15) is 4.79 Å². The van der Waals surface area contributed by atoms with Gasteiger partial charge in [-0.05, 0) is 19.3 Å². The van der Waals surface area contributed by atoms with Crippen molar-refractivity contribution in [1.29, 1.82) is 0 Å². The molecule has 0 unspecified atom stereocenters. The van der Waals surface area contributed by atoms with E-state index in [1.807, 2.05) is 0 Å². The fourth-order valence-corrected chi connectivity index (χ4v) is 1.07. The van der Waals surface area contributed by atoms with Crippen molar-refractivity contribution in [3.8, 4) is 0 Å². The summed E-state index contributed by atoms with van der Waals surface area (Å²) in [6.45, 7) is 12.2. The van der Waals surface area contributed by atoms with Crippen molar-refractivity contribution in [3.63, 3.8) is 0 Å². The molecule has 1 heterocycles. The van der Waals surface area contributed by atoms with Crippen LogP contribution in [0, 0.1) is 11.3 Å². The molecule has 0 bridgehead atoms. The molecular weight excluding hydrogens is 176 g/mol. The van der Waals surface area contributed by atoms with Gasteiger partial charge in [0.2, 0.25) is 5.91 Å². The maximum absolute atomic E-state index is 11.7. The Labute approximate surface area is 86.6 Å². The standard InChI is InChI=1S/C11H22N2O/c1-10(2,3)11(4,5)13-9(14)8-6-12-7-8/h8,12H,6-7H2,1-5H3,(H,13,14). The highest BCUT2D eigenvalue weighted by molar-refractivity contribution is 5.80. The van der Waals surface area contributed by atoms with Gasteiger partial charge in [-0.3, -0.25) is 4.79 Å². The summed E-state index contributed by atoms with van der Waals surface area (Å²) in [5.41, 5.74) is -0.0699. The van der Waals surface area contributed by atoms with Gasteiger partial charge in [-0.2, -0.15) is 0 Å². The third-order valence-electron chi connectivity index (χ3n) is 3.46. The average molecular weight is 198 g/mol. The van der Waals surface area contributed by atoms with Crippen molar-refractivity contribution >= 4 is 5.91 Å². The van der Waals surface area contributed by atoms with E-state index >= 15 is 0 Å². The monoisotopic (exact) mass is 198 g/mol. The Kier molecular flexibility index (Phi) is 2.91. The molecule has 1 fully saturated rings. The Hall–Kier alpha value is -0.570. The Balaban J connectivity index is 2.53. The molecule has 3 nitrogen and oxygen atoms in total. The molecule has 1 rings (SSSR count). The van der Waals surface area contributed by atoms with Gasteiger partial charge in [-0.15, -0.1) is 0 Å². The lowest BCUT2D eigenvalue weighted by atomic mass is 9.76. The van der Waals surface area contributed by atoms with Gasteiger partial charge in [0.25, 0.3) is 0 Å². The Morgan fingerprint density at radius 2 is 1.71 bits per heavy atom. The summed E-state index contributed by atoms with van der Waals surface area (Å²) in [5.74, 6) is 0.361. The Bertz CT molecular complexity index is 224. The van der Waals surface area contributed by atoms with Gasteiger partial charge in [0.15, 0.2) is 0 Å². The van der Waals surface area contributed by atoms with E-state index in [-0.39, 0.29) is 22.8 Å². The molecule has 2 N–H and O–H groups in total. The van der Waals surface area contributed by atoms with Crippen LogP contribution in [-0.2, 0) is 4.79 Å². The lowest BCUT2D eigenvalue weighted by molar-refractivity contribution is -0.129. The van der Waals surface area contributed by atoms with Crippen LogP contribution in [0.5, 0.6) is 0 Å². The van der Waals surface area contributed by atoms with E-state index in [0.29, 0.717) is 0 Å². The minimum Gasteiger partial charge on any atom is -0.350 e. The first kappa shape index (κ1) is 11.5. The van der Waals surface area contributed by atoms with Gasteiger partial charge in [0, 0.05) is 18.6 Å². The van der Waals surface area contributed by atoms with Crippen LogP contribution in [0.25, 0.3) is 0 Å². The highest BCUT2D eigenvalue weighted by Crippen LogP contribution is 2.29. The van der Waals surface area contributed by atoms with E-state index in [2.05, 4.69) is 45.3 Å². The van der Waals surface area contributed by atoms with E-state index in [1.165, 1.54) is 0 Å². The summed E-state index contributed by atoms with van der Waals surface area (Å²) in [5, 5.41) is 6.23. The molecule has 0 aliphatic carbocycles. The van der Waals surface area contributed by atoms with Crippen LogP contribution >= 0.6 is 0 Å². The fraction of sp³-hybridized carbons (Fsp3) is 0.909. The summed E-state index contributed by atoms with van der Waals surface area (Å²) < 4.78 is 0. The van der Waals surface area contributed by atoms with Crippen molar-refractivity contribution in [3.05, 3.63) is 0 Å². The highest BCUT2D eigenvalue weighted by atomic mass is 16.2. The minimum absolute atomic E-state index is 0.0832. The molecule has 3 heteroatoms. The summed E-state index contributed by atoms with van der Waals surface area (Å²) in [7, 11) is 0. The van der Waals surface area contributed by atoms with E-state index in [4.69, 9.17) is 0 Å². The smallest absolute Gasteiger partial charge is 0.226 e. The first-order valence-electron chi connectivity index (χ1n) is 5.27. The molecule has 1 aliphatic rings. The van der Waals surface area contributed by atoms with Crippen LogP contribution in [-0.4, -0.2) is 24.5 Å². The molecule has 1 saturated heterocycles.